The first-order valence-electron chi connectivity index (χ1n) is 8.05. The molecule has 25 heavy (non-hydrogen) atoms. The molecule has 0 radical (unpaired) electrons. The summed E-state index contributed by atoms with van der Waals surface area (Å²) < 4.78 is 0. The maximum Gasteiger partial charge on any atom is 0.345 e. The summed E-state index contributed by atoms with van der Waals surface area (Å²) in [5.74, 6) is -0.211. The Morgan fingerprint density at radius 2 is 1.52 bits per heavy atom. The average molecular weight is 338 g/mol. The zero-order valence-electron chi connectivity index (χ0n) is 14.3. The van der Waals surface area contributed by atoms with Gasteiger partial charge in [0.2, 0.25) is 5.60 Å². The highest BCUT2D eigenvalue weighted by Crippen LogP contribution is 2.29. The summed E-state index contributed by atoms with van der Waals surface area (Å²) in [5, 5.41) is 19.7. The van der Waals surface area contributed by atoms with Crippen LogP contribution < -0.4 is 0 Å². The van der Waals surface area contributed by atoms with Crippen LogP contribution in [0, 0.1) is 6.92 Å². The number of carboxylic acids is 1. The molecule has 5 heteroatoms. The van der Waals surface area contributed by atoms with Crippen molar-refractivity contribution in [2.75, 3.05) is 0 Å². The second-order valence-corrected chi connectivity index (χ2v) is 5.61. The summed E-state index contributed by atoms with van der Waals surface area (Å²) in [6.45, 7) is 4.09. The number of hydrogen-bond acceptors (Lipinski definition) is 3. The number of aromatic amines is 1. The molecule has 0 unspecified atom stereocenters. The minimum atomic E-state index is -2.00. The lowest BCUT2D eigenvalue weighted by molar-refractivity contribution is -0.155. The Morgan fingerprint density at radius 3 is 1.80 bits per heavy atom. The van der Waals surface area contributed by atoms with Crippen molar-refractivity contribution in [3.8, 4) is 0 Å². The Balaban J connectivity index is 0.000000236. The van der Waals surface area contributed by atoms with Gasteiger partial charge in [0.15, 0.2) is 0 Å². The van der Waals surface area contributed by atoms with Crippen LogP contribution in [-0.2, 0) is 16.8 Å². The SMILES string of the molecule is CCc1ncc(C)[nH]1.O=C(O)C(O)(c1ccccc1)c1ccccc1. The van der Waals surface area contributed by atoms with Gasteiger partial charge in [-0.15, -0.1) is 0 Å². The van der Waals surface area contributed by atoms with E-state index < -0.39 is 11.6 Å². The molecule has 0 saturated heterocycles. The first-order valence-corrected chi connectivity index (χ1v) is 8.05. The number of aromatic nitrogens is 2. The Morgan fingerprint density at radius 1 is 1.04 bits per heavy atom. The molecule has 0 aliphatic heterocycles. The summed E-state index contributed by atoms with van der Waals surface area (Å²) in [6, 6.07) is 16.7. The summed E-state index contributed by atoms with van der Waals surface area (Å²) >= 11 is 0. The van der Waals surface area contributed by atoms with E-state index in [-0.39, 0.29) is 0 Å². The molecular weight excluding hydrogens is 316 g/mol. The third-order valence-corrected chi connectivity index (χ3v) is 3.78. The van der Waals surface area contributed by atoms with E-state index in [0.29, 0.717) is 11.1 Å². The van der Waals surface area contributed by atoms with Crippen molar-refractivity contribution in [1.29, 1.82) is 0 Å². The van der Waals surface area contributed by atoms with Crippen molar-refractivity contribution in [3.05, 3.63) is 89.5 Å². The topological polar surface area (TPSA) is 86.2 Å². The van der Waals surface area contributed by atoms with Gasteiger partial charge in [-0.25, -0.2) is 9.78 Å². The number of nitrogens with zero attached hydrogens (tertiary/aromatic N) is 1. The highest BCUT2D eigenvalue weighted by atomic mass is 16.4. The maximum atomic E-state index is 11.4. The van der Waals surface area contributed by atoms with Gasteiger partial charge in [0, 0.05) is 18.3 Å². The Hall–Kier alpha value is -2.92. The first kappa shape index (κ1) is 18.4. The van der Waals surface area contributed by atoms with Gasteiger partial charge in [0.1, 0.15) is 5.82 Å². The number of aliphatic carboxylic acids is 1. The van der Waals surface area contributed by atoms with Gasteiger partial charge in [-0.3, -0.25) is 0 Å². The molecule has 5 nitrogen and oxygen atoms in total. The van der Waals surface area contributed by atoms with Crippen LogP contribution in [0.3, 0.4) is 0 Å². The van der Waals surface area contributed by atoms with Gasteiger partial charge in [-0.2, -0.15) is 0 Å². The highest BCUT2D eigenvalue weighted by molar-refractivity contribution is 5.83. The van der Waals surface area contributed by atoms with Gasteiger partial charge in [-0.05, 0) is 18.1 Å². The fourth-order valence-corrected chi connectivity index (χ4v) is 2.42. The molecule has 0 spiro atoms. The number of nitrogens with one attached hydrogen (secondary N) is 1. The molecule has 130 valence electrons. The predicted molar refractivity (Wildman–Crippen MR) is 96.2 cm³/mol. The van der Waals surface area contributed by atoms with Crippen LogP contribution in [0.1, 0.15) is 29.6 Å². The summed E-state index contributed by atoms with van der Waals surface area (Å²) in [5.41, 5.74) is -0.165. The minimum Gasteiger partial charge on any atom is -0.479 e. The standard InChI is InChI=1S/C14H12O3.C6H10N2/c15-13(16)14(17,11-7-3-1-4-8-11)12-9-5-2-6-10-12;1-3-6-7-4-5(2)8-6/h1-10,17H,(H,15,16);4H,3H2,1-2H3,(H,7,8). The Labute approximate surface area is 147 Å². The second kappa shape index (κ2) is 8.26. The number of aryl methyl sites for hydroxylation is 2. The summed E-state index contributed by atoms with van der Waals surface area (Å²) in [6.07, 6.45) is 2.84. The maximum absolute atomic E-state index is 11.4. The molecule has 3 N–H and O–H groups in total. The average Bonchev–Trinajstić information content (AvgIpc) is 3.08. The Kier molecular flexibility index (Phi) is 6.08. The first-order chi connectivity index (χ1) is 12.0. The quantitative estimate of drug-likeness (QED) is 0.681. The lowest BCUT2D eigenvalue weighted by Crippen LogP contribution is -2.36. The number of hydrogen-bond donors (Lipinski definition) is 3. The molecule has 2 aromatic carbocycles. The van der Waals surface area contributed by atoms with Crippen LogP contribution in [0.2, 0.25) is 0 Å². The second-order valence-electron chi connectivity index (χ2n) is 5.61. The van der Waals surface area contributed by atoms with Crippen LogP contribution in [0.4, 0.5) is 0 Å². The number of carbonyl (C=O) groups is 1. The van der Waals surface area contributed by atoms with Gasteiger partial charge < -0.3 is 15.2 Å². The van der Waals surface area contributed by atoms with Gasteiger partial charge in [-0.1, -0.05) is 67.6 Å². The van der Waals surface area contributed by atoms with E-state index in [9.17, 15) is 15.0 Å². The van der Waals surface area contributed by atoms with Crippen LogP contribution in [0.15, 0.2) is 66.9 Å². The fraction of sp³-hybridized carbons (Fsp3) is 0.200. The van der Waals surface area contributed by atoms with Crippen molar-refractivity contribution >= 4 is 5.97 Å². The lowest BCUT2D eigenvalue weighted by atomic mass is 9.86. The molecule has 0 bridgehead atoms. The zero-order valence-corrected chi connectivity index (χ0v) is 14.3. The summed E-state index contributed by atoms with van der Waals surface area (Å²) in [7, 11) is 0. The van der Waals surface area contributed by atoms with Crippen LogP contribution in [0.25, 0.3) is 0 Å². The number of benzene rings is 2. The molecule has 0 saturated carbocycles. The van der Waals surface area contributed by atoms with E-state index in [1.807, 2.05) is 13.1 Å². The fourth-order valence-electron chi connectivity index (χ4n) is 2.42. The number of H-pyrrole nitrogens is 1. The van der Waals surface area contributed by atoms with E-state index in [0.717, 1.165) is 17.9 Å². The molecule has 0 aliphatic rings. The number of aliphatic hydroxyl groups is 1. The van der Waals surface area contributed by atoms with Gasteiger partial charge in [0.25, 0.3) is 0 Å². The molecule has 1 heterocycles. The number of imidazole rings is 1. The van der Waals surface area contributed by atoms with Gasteiger partial charge in [0.05, 0.1) is 0 Å². The molecule has 3 aromatic rings. The van der Waals surface area contributed by atoms with Crippen LogP contribution >= 0.6 is 0 Å². The van der Waals surface area contributed by atoms with E-state index in [4.69, 9.17) is 0 Å². The third-order valence-electron chi connectivity index (χ3n) is 3.78. The van der Waals surface area contributed by atoms with Crippen molar-refractivity contribution in [1.82, 2.24) is 9.97 Å². The molecule has 0 amide bonds. The molecule has 1 aromatic heterocycles. The Bertz CT molecular complexity index is 759. The molecule has 0 atom stereocenters. The van der Waals surface area contributed by atoms with Crippen molar-refractivity contribution in [3.63, 3.8) is 0 Å². The zero-order chi connectivity index (χ0) is 18.3. The molecule has 0 aliphatic carbocycles. The third kappa shape index (κ3) is 4.33. The highest BCUT2D eigenvalue weighted by Gasteiger charge is 2.39. The van der Waals surface area contributed by atoms with E-state index in [1.165, 1.54) is 0 Å². The van der Waals surface area contributed by atoms with E-state index in [1.54, 1.807) is 60.7 Å². The normalized spacial score (nSPS) is 10.7. The monoisotopic (exact) mass is 338 g/mol. The summed E-state index contributed by atoms with van der Waals surface area (Å²) in [4.78, 5) is 18.6. The predicted octanol–water partition coefficient (Wildman–Crippen LogP) is 3.29. The number of carboxylic acid groups (broad SMARTS) is 1. The molecule has 3 rings (SSSR count). The van der Waals surface area contributed by atoms with E-state index >= 15 is 0 Å². The van der Waals surface area contributed by atoms with Crippen molar-refractivity contribution < 1.29 is 15.0 Å². The largest absolute Gasteiger partial charge is 0.479 e. The molecular formula is C20H22N2O3. The lowest BCUT2D eigenvalue weighted by Gasteiger charge is -2.24. The van der Waals surface area contributed by atoms with Crippen molar-refractivity contribution in [2.24, 2.45) is 0 Å². The number of rotatable bonds is 4. The van der Waals surface area contributed by atoms with Crippen LogP contribution in [-0.4, -0.2) is 26.2 Å². The van der Waals surface area contributed by atoms with Crippen molar-refractivity contribution in [2.45, 2.75) is 25.9 Å². The van der Waals surface area contributed by atoms with Crippen LogP contribution in [0.5, 0.6) is 0 Å². The smallest absolute Gasteiger partial charge is 0.345 e. The van der Waals surface area contributed by atoms with Gasteiger partial charge >= 0.3 is 5.97 Å². The minimum absolute atomic E-state index is 0.346. The molecule has 0 fully saturated rings. The van der Waals surface area contributed by atoms with E-state index in [2.05, 4.69) is 16.9 Å².